The highest BCUT2D eigenvalue weighted by Gasteiger charge is 2.60. The molecule has 1 aromatic rings. The quantitative estimate of drug-likeness (QED) is 0.666. The first kappa shape index (κ1) is 19.9. The van der Waals surface area contributed by atoms with Gasteiger partial charge < -0.3 is 13.9 Å². The number of carbonyl (C=O) groups is 4. The zero-order valence-corrected chi connectivity index (χ0v) is 17.1. The highest BCUT2D eigenvalue weighted by molar-refractivity contribution is 5.93. The van der Waals surface area contributed by atoms with Gasteiger partial charge in [0.05, 0.1) is 12.2 Å². The molecule has 2 fully saturated rings. The first-order chi connectivity index (χ1) is 13.6. The number of hydrogen-bond donors (Lipinski definition) is 0. The number of carbonyl (C=O) groups excluding carboxylic acids is 4. The molecule has 0 aromatic carbocycles. The Morgan fingerprint density at radius 3 is 2.66 bits per heavy atom. The Bertz CT molecular complexity index is 879. The first-order valence-electron chi connectivity index (χ1n) is 10.1. The van der Waals surface area contributed by atoms with Crippen LogP contribution >= 0.6 is 0 Å². The fraction of sp³-hybridized carbons (Fsp3) is 0.636. The molecule has 1 aromatic heterocycles. The van der Waals surface area contributed by atoms with E-state index in [1.807, 2.05) is 6.92 Å². The summed E-state index contributed by atoms with van der Waals surface area (Å²) in [5.74, 6) is -2.27. The minimum atomic E-state index is -1.18. The van der Waals surface area contributed by atoms with Gasteiger partial charge in [-0.25, -0.2) is 0 Å². The summed E-state index contributed by atoms with van der Waals surface area (Å²) in [6.07, 6.45) is 0.522. The summed E-state index contributed by atoms with van der Waals surface area (Å²) in [6, 6.07) is 1.75. The number of fused-ring (bicyclic) bond motifs is 2. The summed E-state index contributed by atoms with van der Waals surface area (Å²) in [5, 5.41) is 0. The summed E-state index contributed by atoms with van der Waals surface area (Å²) >= 11 is 0. The van der Waals surface area contributed by atoms with Gasteiger partial charge in [-0.1, -0.05) is 20.8 Å². The van der Waals surface area contributed by atoms with Crippen LogP contribution in [-0.2, 0) is 35.1 Å². The van der Waals surface area contributed by atoms with E-state index in [0.717, 1.165) is 5.56 Å². The fourth-order valence-electron chi connectivity index (χ4n) is 5.23. The normalized spacial score (nSPS) is 36.1. The van der Waals surface area contributed by atoms with Gasteiger partial charge in [-0.05, 0) is 18.4 Å². The molecular formula is C22H26O7. The Labute approximate surface area is 169 Å². The van der Waals surface area contributed by atoms with Gasteiger partial charge in [0.2, 0.25) is 0 Å². The third-order valence-electron chi connectivity index (χ3n) is 6.96. The largest absolute Gasteiger partial charge is 0.469 e. The van der Waals surface area contributed by atoms with Gasteiger partial charge in [-0.3, -0.25) is 19.2 Å². The number of esters is 2. The second-order valence-electron chi connectivity index (χ2n) is 9.16. The van der Waals surface area contributed by atoms with E-state index in [9.17, 15) is 19.2 Å². The molecule has 3 aliphatic rings. The Morgan fingerprint density at radius 1 is 1.24 bits per heavy atom. The minimum Gasteiger partial charge on any atom is -0.469 e. The van der Waals surface area contributed by atoms with Crippen molar-refractivity contribution in [3.8, 4) is 0 Å². The molecule has 2 heterocycles. The minimum absolute atomic E-state index is 0.0636. The molecule has 0 bridgehead atoms. The van der Waals surface area contributed by atoms with E-state index < -0.39 is 41.4 Å². The van der Waals surface area contributed by atoms with E-state index in [-0.39, 0.29) is 29.8 Å². The van der Waals surface area contributed by atoms with Gasteiger partial charge in [0.25, 0.3) is 0 Å². The number of hydrogen-bond acceptors (Lipinski definition) is 7. The molecule has 6 atom stereocenters. The fourth-order valence-corrected chi connectivity index (χ4v) is 5.23. The Hall–Kier alpha value is -2.44. The van der Waals surface area contributed by atoms with Gasteiger partial charge in [-0.15, -0.1) is 0 Å². The number of Topliss-reactive ketones (excluding diaryl/α,β-unsaturated/α-hetero) is 2. The van der Waals surface area contributed by atoms with Crippen molar-refractivity contribution in [2.45, 2.75) is 65.1 Å². The summed E-state index contributed by atoms with van der Waals surface area (Å²) in [5.41, 5.74) is -0.147. The van der Waals surface area contributed by atoms with Crippen LogP contribution in [0.5, 0.6) is 0 Å². The summed E-state index contributed by atoms with van der Waals surface area (Å²) < 4.78 is 16.8. The molecule has 1 unspecified atom stereocenters. The van der Waals surface area contributed by atoms with Crippen molar-refractivity contribution in [2.24, 2.45) is 23.2 Å². The van der Waals surface area contributed by atoms with Gasteiger partial charge >= 0.3 is 11.9 Å². The lowest BCUT2D eigenvalue weighted by Gasteiger charge is -2.40. The first-order valence-corrected chi connectivity index (χ1v) is 10.1. The average molecular weight is 402 g/mol. The highest BCUT2D eigenvalue weighted by atomic mass is 16.6. The van der Waals surface area contributed by atoms with Crippen LogP contribution in [0.1, 0.15) is 57.8 Å². The Morgan fingerprint density at radius 2 is 1.97 bits per heavy atom. The number of ketones is 2. The lowest BCUT2D eigenvalue weighted by molar-refractivity contribution is -0.171. The number of ether oxygens (including phenoxy) is 2. The second kappa shape index (κ2) is 6.82. The Balaban J connectivity index is 1.86. The molecule has 1 saturated heterocycles. The van der Waals surface area contributed by atoms with Crippen molar-refractivity contribution in [3.05, 3.63) is 23.7 Å². The van der Waals surface area contributed by atoms with Gasteiger partial charge in [0.1, 0.15) is 11.5 Å². The lowest BCUT2D eigenvalue weighted by Crippen LogP contribution is -2.51. The molecule has 0 radical (unpaired) electrons. The maximum absolute atomic E-state index is 13.4. The van der Waals surface area contributed by atoms with Crippen LogP contribution in [-0.4, -0.2) is 35.7 Å². The third-order valence-corrected chi connectivity index (χ3v) is 6.96. The van der Waals surface area contributed by atoms with Gasteiger partial charge in [-0.2, -0.15) is 0 Å². The van der Waals surface area contributed by atoms with E-state index in [2.05, 4.69) is 0 Å². The summed E-state index contributed by atoms with van der Waals surface area (Å²) in [6.45, 7) is 6.60. The molecule has 1 aliphatic heterocycles. The summed E-state index contributed by atoms with van der Waals surface area (Å²) in [7, 11) is 0. The van der Waals surface area contributed by atoms with Gasteiger partial charge in [0, 0.05) is 42.6 Å². The average Bonchev–Trinajstić information content (AvgIpc) is 3.25. The molecule has 7 heteroatoms. The second-order valence-corrected chi connectivity index (χ2v) is 9.16. The molecule has 0 N–H and O–H groups in total. The van der Waals surface area contributed by atoms with Crippen LogP contribution in [0, 0.1) is 23.2 Å². The maximum atomic E-state index is 13.4. The molecule has 0 amide bonds. The Kier molecular flexibility index (Phi) is 4.67. The van der Waals surface area contributed by atoms with Crippen LogP contribution in [0.3, 0.4) is 0 Å². The van der Waals surface area contributed by atoms with E-state index in [1.165, 1.54) is 13.2 Å². The summed E-state index contributed by atoms with van der Waals surface area (Å²) in [4.78, 5) is 51.0. The number of furan rings is 1. The number of rotatable bonds is 1. The smallest absolute Gasteiger partial charge is 0.314 e. The maximum Gasteiger partial charge on any atom is 0.314 e. The monoisotopic (exact) mass is 402 g/mol. The van der Waals surface area contributed by atoms with E-state index in [0.29, 0.717) is 18.6 Å². The molecule has 1 saturated carbocycles. The molecule has 29 heavy (non-hydrogen) atoms. The molecule has 0 spiro atoms. The standard InChI is InChI=1S/C22H26O7/c1-10-13-9-15-12(6-8-27-15)17-16(13)18(29-21(17)26)19(28-11(2)23)20(25)22(3,4)7-5-14(10)24/h6,8,10,13,16-19H,5,7,9H2,1-4H3/t10-,13?,16+,17-,18-,19-/m1/s1. The van der Waals surface area contributed by atoms with Crippen molar-refractivity contribution in [3.63, 3.8) is 0 Å². The van der Waals surface area contributed by atoms with Crippen molar-refractivity contribution >= 4 is 23.5 Å². The third kappa shape index (κ3) is 3.11. The van der Waals surface area contributed by atoms with Crippen molar-refractivity contribution < 1.29 is 33.1 Å². The van der Waals surface area contributed by atoms with E-state index in [4.69, 9.17) is 13.9 Å². The molecule has 2 aliphatic carbocycles. The van der Waals surface area contributed by atoms with E-state index in [1.54, 1.807) is 19.9 Å². The van der Waals surface area contributed by atoms with Crippen LogP contribution in [0.2, 0.25) is 0 Å². The molecular weight excluding hydrogens is 376 g/mol. The SMILES string of the molecule is CC(=O)O[C@H]1C(=O)C(C)(C)CCC(=O)[C@H](C)C2Cc3occc3[C@H]3C(=O)O[C@@H]1[C@@H]23. The zero-order valence-electron chi connectivity index (χ0n) is 17.1. The molecule has 156 valence electrons. The van der Waals surface area contributed by atoms with Crippen molar-refractivity contribution in [1.29, 1.82) is 0 Å². The van der Waals surface area contributed by atoms with E-state index >= 15 is 0 Å². The van der Waals surface area contributed by atoms with Crippen LogP contribution in [0.15, 0.2) is 16.7 Å². The topological polar surface area (TPSA) is 99.9 Å². The van der Waals surface area contributed by atoms with Crippen LogP contribution in [0.4, 0.5) is 0 Å². The van der Waals surface area contributed by atoms with Crippen molar-refractivity contribution in [1.82, 2.24) is 0 Å². The lowest BCUT2D eigenvalue weighted by atomic mass is 9.62. The molecule has 4 rings (SSSR count). The highest BCUT2D eigenvalue weighted by Crippen LogP contribution is 2.52. The predicted molar refractivity (Wildman–Crippen MR) is 99.8 cm³/mol. The van der Waals surface area contributed by atoms with Crippen LogP contribution < -0.4 is 0 Å². The van der Waals surface area contributed by atoms with Crippen molar-refractivity contribution in [2.75, 3.05) is 0 Å². The van der Waals surface area contributed by atoms with Crippen LogP contribution in [0.25, 0.3) is 0 Å². The zero-order chi connectivity index (χ0) is 21.1. The predicted octanol–water partition coefficient (Wildman–Crippen LogP) is 2.60. The molecule has 7 nitrogen and oxygen atoms in total. The van der Waals surface area contributed by atoms with Gasteiger partial charge in [0.15, 0.2) is 18.0 Å².